The molecule has 2 unspecified atom stereocenters. The van der Waals surface area contributed by atoms with Gasteiger partial charge in [-0.3, -0.25) is 9.69 Å². The fourth-order valence-electron chi connectivity index (χ4n) is 3.23. The second kappa shape index (κ2) is 6.02. The van der Waals surface area contributed by atoms with Gasteiger partial charge >= 0.3 is 0 Å². The van der Waals surface area contributed by atoms with Crippen LogP contribution in [0.15, 0.2) is 0 Å². The predicted molar refractivity (Wildman–Crippen MR) is 73.5 cm³/mol. The SMILES string of the molecule is CC1NCCCN(CC2CCCN2C(C)C)C1=O. The van der Waals surface area contributed by atoms with Crippen molar-refractivity contribution in [1.29, 1.82) is 0 Å². The number of carbonyl (C=O) groups is 1. The maximum atomic E-state index is 12.3. The Morgan fingerprint density at radius 2 is 2.11 bits per heavy atom. The van der Waals surface area contributed by atoms with Crippen LogP contribution in [0, 0.1) is 0 Å². The lowest BCUT2D eigenvalue weighted by Gasteiger charge is -2.33. The molecule has 18 heavy (non-hydrogen) atoms. The van der Waals surface area contributed by atoms with E-state index in [2.05, 4.69) is 29.0 Å². The van der Waals surface area contributed by atoms with Gasteiger partial charge < -0.3 is 10.2 Å². The molecule has 0 aromatic carbocycles. The molecule has 2 aliphatic heterocycles. The molecule has 0 aromatic heterocycles. The first-order valence-electron chi connectivity index (χ1n) is 7.37. The highest BCUT2D eigenvalue weighted by atomic mass is 16.2. The molecule has 2 rings (SSSR count). The molecule has 4 nitrogen and oxygen atoms in total. The number of hydrogen-bond donors (Lipinski definition) is 1. The number of nitrogens with zero attached hydrogens (tertiary/aromatic N) is 2. The zero-order valence-corrected chi connectivity index (χ0v) is 12.0. The topological polar surface area (TPSA) is 35.6 Å². The second-order valence-corrected chi connectivity index (χ2v) is 5.94. The average molecular weight is 253 g/mol. The van der Waals surface area contributed by atoms with Gasteiger partial charge in [-0.05, 0) is 53.1 Å². The first kappa shape index (κ1) is 13.8. The molecule has 0 aliphatic carbocycles. The van der Waals surface area contributed by atoms with Gasteiger partial charge in [0.05, 0.1) is 6.04 Å². The molecule has 0 aromatic rings. The van der Waals surface area contributed by atoms with Crippen molar-refractivity contribution in [2.75, 3.05) is 26.2 Å². The van der Waals surface area contributed by atoms with Crippen LogP contribution in [0.1, 0.15) is 40.0 Å². The molecule has 1 amide bonds. The van der Waals surface area contributed by atoms with Crippen molar-refractivity contribution in [1.82, 2.24) is 15.1 Å². The molecule has 0 radical (unpaired) electrons. The van der Waals surface area contributed by atoms with Crippen LogP contribution in [0.4, 0.5) is 0 Å². The number of nitrogens with one attached hydrogen (secondary N) is 1. The third-order valence-electron chi connectivity index (χ3n) is 4.25. The van der Waals surface area contributed by atoms with E-state index in [1.807, 2.05) is 6.92 Å². The Morgan fingerprint density at radius 1 is 1.33 bits per heavy atom. The largest absolute Gasteiger partial charge is 0.340 e. The Labute approximate surface area is 111 Å². The summed E-state index contributed by atoms with van der Waals surface area (Å²) >= 11 is 0. The molecule has 0 bridgehead atoms. The Kier molecular flexibility index (Phi) is 4.62. The fourth-order valence-corrected chi connectivity index (χ4v) is 3.23. The Morgan fingerprint density at radius 3 is 2.83 bits per heavy atom. The van der Waals surface area contributed by atoms with Crippen molar-refractivity contribution in [3.63, 3.8) is 0 Å². The normalized spacial score (nSPS) is 31.1. The standard InChI is InChI=1S/C14H27N3O/c1-11(2)17-9-4-6-13(17)10-16-8-5-7-15-12(3)14(16)18/h11-13,15H,4-10H2,1-3H3. The third-order valence-corrected chi connectivity index (χ3v) is 4.25. The highest BCUT2D eigenvalue weighted by molar-refractivity contribution is 5.81. The molecule has 4 heteroatoms. The van der Waals surface area contributed by atoms with E-state index in [1.54, 1.807) is 0 Å². The van der Waals surface area contributed by atoms with Crippen molar-refractivity contribution in [2.24, 2.45) is 0 Å². The highest BCUT2D eigenvalue weighted by Crippen LogP contribution is 2.21. The number of hydrogen-bond acceptors (Lipinski definition) is 3. The number of likely N-dealkylation sites (tertiary alicyclic amines) is 1. The summed E-state index contributed by atoms with van der Waals surface area (Å²) in [6, 6.07) is 1.15. The van der Waals surface area contributed by atoms with E-state index >= 15 is 0 Å². The minimum absolute atomic E-state index is 0.0126. The van der Waals surface area contributed by atoms with Crippen LogP contribution >= 0.6 is 0 Å². The van der Waals surface area contributed by atoms with Crippen LogP contribution in [0.2, 0.25) is 0 Å². The van der Waals surface area contributed by atoms with Gasteiger partial charge in [0.2, 0.25) is 5.91 Å². The summed E-state index contributed by atoms with van der Waals surface area (Å²) in [7, 11) is 0. The number of rotatable bonds is 3. The van der Waals surface area contributed by atoms with Gasteiger partial charge in [-0.25, -0.2) is 0 Å². The second-order valence-electron chi connectivity index (χ2n) is 5.94. The zero-order chi connectivity index (χ0) is 13.1. The Balaban J connectivity index is 1.96. The minimum Gasteiger partial charge on any atom is -0.340 e. The molecule has 2 saturated heterocycles. The number of amides is 1. The van der Waals surface area contributed by atoms with Crippen molar-refractivity contribution in [2.45, 2.75) is 58.2 Å². The summed E-state index contributed by atoms with van der Waals surface area (Å²) in [6.07, 6.45) is 3.59. The lowest BCUT2D eigenvalue weighted by atomic mass is 10.1. The van der Waals surface area contributed by atoms with Crippen LogP contribution in [0.25, 0.3) is 0 Å². The summed E-state index contributed by atoms with van der Waals surface area (Å²) in [5.74, 6) is 0.281. The number of carbonyl (C=O) groups excluding carboxylic acids is 1. The lowest BCUT2D eigenvalue weighted by molar-refractivity contribution is -0.133. The molecule has 0 spiro atoms. The highest BCUT2D eigenvalue weighted by Gasteiger charge is 2.31. The summed E-state index contributed by atoms with van der Waals surface area (Å²) < 4.78 is 0. The molecule has 2 heterocycles. The van der Waals surface area contributed by atoms with Crippen LogP contribution in [0.3, 0.4) is 0 Å². The molecule has 0 saturated carbocycles. The fraction of sp³-hybridized carbons (Fsp3) is 0.929. The molecular weight excluding hydrogens is 226 g/mol. The average Bonchev–Trinajstić information content (AvgIpc) is 2.73. The Bertz CT molecular complexity index is 293. The van der Waals surface area contributed by atoms with Gasteiger partial charge in [0, 0.05) is 25.2 Å². The van der Waals surface area contributed by atoms with Crippen molar-refractivity contribution < 1.29 is 4.79 Å². The van der Waals surface area contributed by atoms with Gasteiger partial charge in [0.1, 0.15) is 0 Å². The Hall–Kier alpha value is -0.610. The van der Waals surface area contributed by atoms with Gasteiger partial charge in [-0.1, -0.05) is 0 Å². The maximum absolute atomic E-state index is 12.3. The van der Waals surface area contributed by atoms with Gasteiger partial charge in [-0.15, -0.1) is 0 Å². The van der Waals surface area contributed by atoms with Crippen molar-refractivity contribution >= 4 is 5.91 Å². The molecule has 2 fully saturated rings. The zero-order valence-electron chi connectivity index (χ0n) is 12.0. The van der Waals surface area contributed by atoms with E-state index in [0.717, 1.165) is 26.1 Å². The van der Waals surface area contributed by atoms with Crippen molar-refractivity contribution in [3.8, 4) is 0 Å². The van der Waals surface area contributed by atoms with E-state index in [4.69, 9.17) is 0 Å². The van der Waals surface area contributed by atoms with E-state index < -0.39 is 0 Å². The quantitative estimate of drug-likeness (QED) is 0.817. The minimum atomic E-state index is -0.0126. The van der Waals surface area contributed by atoms with Gasteiger partial charge in [0.25, 0.3) is 0 Å². The lowest BCUT2D eigenvalue weighted by Crippen LogP contribution is -2.48. The van der Waals surface area contributed by atoms with Gasteiger partial charge in [-0.2, -0.15) is 0 Å². The first-order chi connectivity index (χ1) is 8.59. The van der Waals surface area contributed by atoms with E-state index in [1.165, 1.54) is 19.4 Å². The van der Waals surface area contributed by atoms with Crippen LogP contribution in [-0.4, -0.2) is 60.0 Å². The van der Waals surface area contributed by atoms with Crippen molar-refractivity contribution in [3.05, 3.63) is 0 Å². The van der Waals surface area contributed by atoms with E-state index in [-0.39, 0.29) is 11.9 Å². The molecule has 1 N–H and O–H groups in total. The molecule has 2 aliphatic rings. The molecule has 2 atom stereocenters. The summed E-state index contributed by atoms with van der Waals surface area (Å²) in [4.78, 5) is 16.9. The smallest absolute Gasteiger partial charge is 0.239 e. The van der Waals surface area contributed by atoms with E-state index in [9.17, 15) is 4.79 Å². The van der Waals surface area contributed by atoms with Crippen LogP contribution in [0.5, 0.6) is 0 Å². The van der Waals surface area contributed by atoms with Crippen LogP contribution < -0.4 is 5.32 Å². The summed E-state index contributed by atoms with van der Waals surface area (Å²) in [5, 5.41) is 3.28. The predicted octanol–water partition coefficient (Wildman–Crippen LogP) is 1.07. The van der Waals surface area contributed by atoms with E-state index in [0.29, 0.717) is 12.1 Å². The maximum Gasteiger partial charge on any atom is 0.239 e. The molecule has 104 valence electrons. The first-order valence-corrected chi connectivity index (χ1v) is 7.37. The van der Waals surface area contributed by atoms with Gasteiger partial charge in [0.15, 0.2) is 0 Å². The third kappa shape index (κ3) is 3.04. The monoisotopic (exact) mass is 253 g/mol. The summed E-state index contributed by atoms with van der Waals surface area (Å²) in [6.45, 7) is 10.5. The molecular formula is C14H27N3O. The summed E-state index contributed by atoms with van der Waals surface area (Å²) in [5.41, 5.74) is 0. The van der Waals surface area contributed by atoms with Crippen LogP contribution in [-0.2, 0) is 4.79 Å².